The molecule has 0 aliphatic carbocycles. The molecule has 1 fully saturated rings. The Bertz CT molecular complexity index is 87.1. The molecule has 1 rings (SSSR count). The molecule has 0 bridgehead atoms. The molecular weight excluding hydrogens is 116 g/mol. The molecule has 3 heteroatoms. The van der Waals surface area contributed by atoms with Crippen molar-refractivity contribution in [3.05, 3.63) is 0 Å². The lowest BCUT2D eigenvalue weighted by Gasteiger charge is -2.30. The summed E-state index contributed by atoms with van der Waals surface area (Å²) < 4.78 is 5.14. The number of rotatable bonds is 1. The first-order valence-corrected chi connectivity index (χ1v) is 3.21. The summed E-state index contributed by atoms with van der Waals surface area (Å²) in [7, 11) is 3.78. The molecule has 1 atom stereocenters. The molecule has 1 aliphatic rings. The summed E-state index contributed by atoms with van der Waals surface area (Å²) in [6.45, 7) is 2.81. The molecule has 1 unspecified atom stereocenters. The Morgan fingerprint density at radius 1 is 1.67 bits per heavy atom. The van der Waals surface area contributed by atoms with Gasteiger partial charge in [0.15, 0.2) is 0 Å². The first kappa shape index (κ1) is 6.99. The van der Waals surface area contributed by atoms with Crippen molar-refractivity contribution >= 4 is 0 Å². The van der Waals surface area contributed by atoms with Crippen molar-refractivity contribution in [1.29, 1.82) is 0 Å². The fraction of sp³-hybridized carbons (Fsp3) is 1.00. The van der Waals surface area contributed by atoms with E-state index in [1.165, 1.54) is 0 Å². The van der Waals surface area contributed by atoms with E-state index in [9.17, 15) is 0 Å². The van der Waals surface area contributed by atoms with Gasteiger partial charge in [-0.15, -0.1) is 0 Å². The Balaban J connectivity index is 2.30. The Kier molecular flexibility index (Phi) is 2.45. The number of nitrogens with zero attached hydrogens (tertiary/aromatic N) is 2. The van der Waals surface area contributed by atoms with Crippen LogP contribution in [-0.4, -0.2) is 44.9 Å². The number of ether oxygens (including phenoxy) is 1. The monoisotopic (exact) mass is 129 g/mol. The topological polar surface area (TPSA) is 26.6 Å². The number of piperazine rings is 1. The van der Waals surface area contributed by atoms with Crippen LogP contribution in [0.3, 0.4) is 0 Å². The van der Waals surface area contributed by atoms with Gasteiger partial charge in [-0.05, 0) is 7.05 Å². The van der Waals surface area contributed by atoms with Gasteiger partial charge >= 0.3 is 0 Å². The average Bonchev–Trinajstić information content (AvgIpc) is 1.89. The maximum absolute atomic E-state index is 5.14. The van der Waals surface area contributed by atoms with Crippen LogP contribution in [0.4, 0.5) is 0 Å². The molecule has 9 heavy (non-hydrogen) atoms. The molecule has 0 spiro atoms. The summed E-state index contributed by atoms with van der Waals surface area (Å²) in [6.07, 6.45) is 0.221. The predicted molar refractivity (Wildman–Crippen MR) is 35.3 cm³/mol. The lowest BCUT2D eigenvalue weighted by Crippen LogP contribution is -2.47. The standard InChI is InChI=1S/C6H13N2O/c1-8-4-3-7-5-6(8)9-2/h6H,3-5H2,1-2H3. The predicted octanol–water partition coefficient (Wildman–Crippen LogP) is -0.491. The van der Waals surface area contributed by atoms with Crippen LogP contribution in [0.5, 0.6) is 0 Å². The third kappa shape index (κ3) is 1.64. The van der Waals surface area contributed by atoms with Crippen LogP contribution >= 0.6 is 0 Å². The molecule has 53 valence electrons. The van der Waals surface area contributed by atoms with E-state index in [0.29, 0.717) is 0 Å². The summed E-state index contributed by atoms with van der Waals surface area (Å²) >= 11 is 0. The van der Waals surface area contributed by atoms with Crippen LogP contribution in [0.25, 0.3) is 0 Å². The normalized spacial score (nSPS) is 30.7. The highest BCUT2D eigenvalue weighted by Crippen LogP contribution is 1.99. The average molecular weight is 129 g/mol. The third-order valence-electron chi connectivity index (χ3n) is 1.66. The molecule has 0 N–H and O–H groups in total. The SMILES string of the molecule is COC1C[N]CCN1C. The molecule has 0 aromatic rings. The summed E-state index contributed by atoms with van der Waals surface area (Å²) in [5, 5.41) is 4.21. The maximum Gasteiger partial charge on any atom is 0.124 e. The molecular formula is C6H13N2O. The van der Waals surface area contributed by atoms with Crippen molar-refractivity contribution < 1.29 is 4.74 Å². The minimum atomic E-state index is 0.221. The second-order valence-corrected chi connectivity index (χ2v) is 2.30. The van der Waals surface area contributed by atoms with Gasteiger partial charge < -0.3 is 4.74 Å². The van der Waals surface area contributed by atoms with E-state index in [1.54, 1.807) is 7.11 Å². The lowest BCUT2D eigenvalue weighted by atomic mass is 10.4. The zero-order valence-electron chi connectivity index (χ0n) is 6.00. The number of hydrogen-bond acceptors (Lipinski definition) is 2. The highest BCUT2D eigenvalue weighted by molar-refractivity contribution is 4.68. The summed E-state index contributed by atoms with van der Waals surface area (Å²) in [4.78, 5) is 2.17. The molecule has 0 aromatic heterocycles. The quantitative estimate of drug-likeness (QED) is 0.477. The summed E-state index contributed by atoms with van der Waals surface area (Å²) in [6, 6.07) is 0. The van der Waals surface area contributed by atoms with Crippen LogP contribution in [-0.2, 0) is 4.74 Å². The van der Waals surface area contributed by atoms with Crippen molar-refractivity contribution in [1.82, 2.24) is 10.2 Å². The summed E-state index contributed by atoms with van der Waals surface area (Å²) in [5.74, 6) is 0. The highest BCUT2D eigenvalue weighted by Gasteiger charge is 2.17. The fourth-order valence-electron chi connectivity index (χ4n) is 0.968. The van der Waals surface area contributed by atoms with Gasteiger partial charge in [0.2, 0.25) is 0 Å². The first-order chi connectivity index (χ1) is 4.34. The second-order valence-electron chi connectivity index (χ2n) is 2.30. The van der Waals surface area contributed by atoms with Crippen molar-refractivity contribution in [3.63, 3.8) is 0 Å². The van der Waals surface area contributed by atoms with Crippen LogP contribution in [0.2, 0.25) is 0 Å². The number of hydrogen-bond donors (Lipinski definition) is 0. The Labute approximate surface area is 56.0 Å². The maximum atomic E-state index is 5.14. The zero-order chi connectivity index (χ0) is 6.69. The molecule has 0 saturated carbocycles. The van der Waals surface area contributed by atoms with Crippen molar-refractivity contribution in [3.8, 4) is 0 Å². The van der Waals surface area contributed by atoms with Crippen LogP contribution in [0.15, 0.2) is 0 Å². The lowest BCUT2D eigenvalue weighted by molar-refractivity contribution is -0.0314. The van der Waals surface area contributed by atoms with Gasteiger partial charge in [-0.2, -0.15) is 0 Å². The highest BCUT2D eigenvalue weighted by atomic mass is 16.5. The first-order valence-electron chi connectivity index (χ1n) is 3.21. The van der Waals surface area contributed by atoms with Crippen LogP contribution in [0.1, 0.15) is 0 Å². The number of likely N-dealkylation sites (N-methyl/N-ethyl adjacent to an activating group) is 1. The van der Waals surface area contributed by atoms with E-state index in [-0.39, 0.29) is 6.23 Å². The molecule has 1 radical (unpaired) electrons. The van der Waals surface area contributed by atoms with Gasteiger partial charge in [0.05, 0.1) is 6.54 Å². The van der Waals surface area contributed by atoms with E-state index in [2.05, 4.69) is 17.3 Å². The van der Waals surface area contributed by atoms with Gasteiger partial charge in [-0.3, -0.25) is 4.90 Å². The zero-order valence-corrected chi connectivity index (χ0v) is 6.00. The van der Waals surface area contributed by atoms with E-state index in [1.807, 2.05) is 0 Å². The van der Waals surface area contributed by atoms with Crippen molar-refractivity contribution in [2.45, 2.75) is 6.23 Å². The van der Waals surface area contributed by atoms with Crippen molar-refractivity contribution in [2.75, 3.05) is 33.8 Å². The Hall–Kier alpha value is -0.120. The van der Waals surface area contributed by atoms with Crippen LogP contribution < -0.4 is 5.32 Å². The van der Waals surface area contributed by atoms with Crippen molar-refractivity contribution in [2.24, 2.45) is 0 Å². The minimum Gasteiger partial charge on any atom is -0.365 e. The Morgan fingerprint density at radius 2 is 2.44 bits per heavy atom. The largest absolute Gasteiger partial charge is 0.365 e. The van der Waals surface area contributed by atoms with Gasteiger partial charge in [0, 0.05) is 20.2 Å². The molecule has 1 heterocycles. The van der Waals surface area contributed by atoms with E-state index in [0.717, 1.165) is 19.6 Å². The van der Waals surface area contributed by atoms with E-state index in [4.69, 9.17) is 4.74 Å². The fourth-order valence-corrected chi connectivity index (χ4v) is 0.968. The second kappa shape index (κ2) is 3.15. The van der Waals surface area contributed by atoms with E-state index >= 15 is 0 Å². The van der Waals surface area contributed by atoms with Gasteiger partial charge in [0.1, 0.15) is 6.23 Å². The number of methoxy groups -OCH3 is 1. The van der Waals surface area contributed by atoms with Gasteiger partial charge in [-0.1, -0.05) is 0 Å². The molecule has 1 saturated heterocycles. The third-order valence-corrected chi connectivity index (χ3v) is 1.66. The van der Waals surface area contributed by atoms with Gasteiger partial charge in [-0.25, -0.2) is 5.32 Å². The molecule has 0 amide bonds. The molecule has 3 nitrogen and oxygen atoms in total. The van der Waals surface area contributed by atoms with Crippen LogP contribution in [0, 0.1) is 0 Å². The molecule has 1 aliphatic heterocycles. The van der Waals surface area contributed by atoms with E-state index < -0.39 is 0 Å². The molecule has 0 aromatic carbocycles. The van der Waals surface area contributed by atoms with Gasteiger partial charge in [0.25, 0.3) is 0 Å². The summed E-state index contributed by atoms with van der Waals surface area (Å²) in [5.41, 5.74) is 0. The Morgan fingerprint density at radius 3 is 2.89 bits per heavy atom. The smallest absolute Gasteiger partial charge is 0.124 e. The minimum absolute atomic E-state index is 0.221.